The molecule has 152 valence electrons. The Bertz CT molecular complexity index is 824. The molecule has 2 fully saturated rings. The molecule has 0 bridgehead atoms. The summed E-state index contributed by atoms with van der Waals surface area (Å²) in [6, 6.07) is 11.1. The first-order valence-corrected chi connectivity index (χ1v) is 10.1. The Labute approximate surface area is 170 Å². The molecule has 1 aromatic carbocycles. The summed E-state index contributed by atoms with van der Waals surface area (Å²) in [5.74, 6) is 0.724. The normalized spacial score (nSPS) is 19.7. The fourth-order valence-corrected chi connectivity index (χ4v) is 3.93. The molecule has 2 aliphatic rings. The van der Waals surface area contributed by atoms with Gasteiger partial charge in [-0.2, -0.15) is 0 Å². The minimum absolute atomic E-state index is 0.134. The second kappa shape index (κ2) is 8.89. The Balaban J connectivity index is 1.30. The molecule has 0 spiro atoms. The Morgan fingerprint density at radius 1 is 0.897 bits per heavy atom. The maximum Gasteiger partial charge on any atom is 0.321 e. The largest absolute Gasteiger partial charge is 0.339 e. The second-order valence-electron chi connectivity index (χ2n) is 7.44. The maximum atomic E-state index is 13.0. The van der Waals surface area contributed by atoms with Crippen LogP contribution in [0.1, 0.15) is 12.8 Å². The molecule has 2 aliphatic heterocycles. The first-order chi connectivity index (χ1) is 14.2. The van der Waals surface area contributed by atoms with Gasteiger partial charge in [0.15, 0.2) is 0 Å². The van der Waals surface area contributed by atoms with E-state index in [2.05, 4.69) is 20.2 Å². The van der Waals surface area contributed by atoms with E-state index in [4.69, 9.17) is 0 Å². The lowest BCUT2D eigenvalue weighted by atomic mass is 9.96. The number of amides is 3. The van der Waals surface area contributed by atoms with Gasteiger partial charge >= 0.3 is 6.03 Å². The Hall–Kier alpha value is -3.16. The number of aromatic nitrogens is 2. The van der Waals surface area contributed by atoms with Crippen molar-refractivity contribution in [1.29, 1.82) is 0 Å². The number of anilines is 2. The fraction of sp³-hybridized carbons (Fsp3) is 0.429. The van der Waals surface area contributed by atoms with Gasteiger partial charge in [0.1, 0.15) is 0 Å². The first kappa shape index (κ1) is 19.2. The number of para-hydroxylation sites is 1. The van der Waals surface area contributed by atoms with Crippen molar-refractivity contribution < 1.29 is 9.59 Å². The molecule has 0 radical (unpaired) electrons. The van der Waals surface area contributed by atoms with Crippen LogP contribution in [-0.4, -0.2) is 71.0 Å². The van der Waals surface area contributed by atoms with E-state index in [-0.39, 0.29) is 17.9 Å². The number of rotatable bonds is 3. The van der Waals surface area contributed by atoms with E-state index in [0.29, 0.717) is 32.1 Å². The molecule has 8 nitrogen and oxygen atoms in total. The summed E-state index contributed by atoms with van der Waals surface area (Å²) in [5, 5.41) is 2.92. The van der Waals surface area contributed by atoms with Gasteiger partial charge in [0.05, 0.1) is 5.92 Å². The van der Waals surface area contributed by atoms with Crippen molar-refractivity contribution in [3.8, 4) is 0 Å². The zero-order valence-electron chi connectivity index (χ0n) is 16.4. The van der Waals surface area contributed by atoms with E-state index in [1.165, 1.54) is 0 Å². The molecule has 3 amide bonds. The minimum atomic E-state index is -0.139. The van der Waals surface area contributed by atoms with Crippen molar-refractivity contribution in [1.82, 2.24) is 19.8 Å². The topological polar surface area (TPSA) is 81.7 Å². The molecule has 1 atom stereocenters. The quantitative estimate of drug-likeness (QED) is 0.862. The number of likely N-dealkylation sites (tertiary alicyclic amines) is 1. The number of piperidine rings is 1. The van der Waals surface area contributed by atoms with Gasteiger partial charge in [0.2, 0.25) is 11.9 Å². The van der Waals surface area contributed by atoms with Gasteiger partial charge in [-0.05, 0) is 31.0 Å². The van der Waals surface area contributed by atoms with Gasteiger partial charge in [-0.25, -0.2) is 14.8 Å². The van der Waals surface area contributed by atoms with Gasteiger partial charge in [0.25, 0.3) is 0 Å². The molecule has 0 saturated carbocycles. The Morgan fingerprint density at radius 2 is 1.62 bits per heavy atom. The van der Waals surface area contributed by atoms with Crippen LogP contribution in [0.15, 0.2) is 48.8 Å². The highest BCUT2D eigenvalue weighted by atomic mass is 16.2. The van der Waals surface area contributed by atoms with Gasteiger partial charge in [-0.15, -0.1) is 0 Å². The standard InChI is InChI=1S/C21H26N6O2/c28-19(25-12-14-26(15-13-25)20-22-9-5-10-23-20)17-6-4-11-27(16-17)21(29)24-18-7-2-1-3-8-18/h1-3,5,7-10,17H,4,6,11-16H2,(H,24,29). The van der Waals surface area contributed by atoms with Crippen LogP contribution in [-0.2, 0) is 4.79 Å². The molecule has 8 heteroatoms. The van der Waals surface area contributed by atoms with Gasteiger partial charge < -0.3 is 20.0 Å². The number of hydrogen-bond acceptors (Lipinski definition) is 5. The monoisotopic (exact) mass is 394 g/mol. The highest BCUT2D eigenvalue weighted by Crippen LogP contribution is 2.21. The zero-order valence-corrected chi connectivity index (χ0v) is 16.4. The number of piperazine rings is 1. The number of nitrogens with one attached hydrogen (secondary N) is 1. The molecule has 29 heavy (non-hydrogen) atoms. The fourth-order valence-electron chi connectivity index (χ4n) is 3.93. The first-order valence-electron chi connectivity index (χ1n) is 10.1. The number of urea groups is 1. The lowest BCUT2D eigenvalue weighted by Gasteiger charge is -2.39. The molecular formula is C21H26N6O2. The molecule has 1 unspecified atom stereocenters. The summed E-state index contributed by atoms with van der Waals surface area (Å²) in [6.45, 7) is 3.91. The van der Waals surface area contributed by atoms with Crippen molar-refractivity contribution in [2.45, 2.75) is 12.8 Å². The van der Waals surface area contributed by atoms with E-state index in [9.17, 15) is 9.59 Å². The smallest absolute Gasteiger partial charge is 0.321 e. The molecule has 4 rings (SSSR count). The molecule has 2 aromatic rings. The third-order valence-electron chi connectivity index (χ3n) is 5.51. The highest BCUT2D eigenvalue weighted by molar-refractivity contribution is 5.90. The van der Waals surface area contributed by atoms with Crippen molar-refractivity contribution in [2.24, 2.45) is 5.92 Å². The Morgan fingerprint density at radius 3 is 2.34 bits per heavy atom. The SMILES string of the molecule is O=C(Nc1ccccc1)N1CCCC(C(=O)N2CCN(c3ncccn3)CC2)C1. The summed E-state index contributed by atoms with van der Waals surface area (Å²) >= 11 is 0. The molecule has 0 aliphatic carbocycles. The highest BCUT2D eigenvalue weighted by Gasteiger charge is 2.33. The van der Waals surface area contributed by atoms with Crippen LogP contribution in [0.5, 0.6) is 0 Å². The molecule has 1 aromatic heterocycles. The van der Waals surface area contributed by atoms with Crippen LogP contribution >= 0.6 is 0 Å². The van der Waals surface area contributed by atoms with E-state index in [0.717, 1.165) is 31.6 Å². The van der Waals surface area contributed by atoms with Crippen LogP contribution in [0.4, 0.5) is 16.4 Å². The molecular weight excluding hydrogens is 368 g/mol. The third kappa shape index (κ3) is 4.64. The third-order valence-corrected chi connectivity index (χ3v) is 5.51. The van der Waals surface area contributed by atoms with Crippen LogP contribution in [0, 0.1) is 5.92 Å². The molecule has 3 heterocycles. The number of hydrogen-bond donors (Lipinski definition) is 1. The van der Waals surface area contributed by atoms with Crippen LogP contribution in [0.2, 0.25) is 0 Å². The van der Waals surface area contributed by atoms with Crippen LogP contribution in [0.25, 0.3) is 0 Å². The predicted octanol–water partition coefficient (Wildman–Crippen LogP) is 2.07. The van der Waals surface area contributed by atoms with E-state index in [1.807, 2.05) is 35.2 Å². The van der Waals surface area contributed by atoms with Gasteiger partial charge in [-0.1, -0.05) is 18.2 Å². The summed E-state index contributed by atoms with van der Waals surface area (Å²) in [7, 11) is 0. The average Bonchev–Trinajstić information content (AvgIpc) is 2.80. The average molecular weight is 394 g/mol. The summed E-state index contributed by atoms with van der Waals surface area (Å²) in [4.78, 5) is 40.0. The second-order valence-corrected chi connectivity index (χ2v) is 7.44. The molecule has 2 saturated heterocycles. The van der Waals surface area contributed by atoms with Crippen molar-refractivity contribution in [2.75, 3.05) is 49.5 Å². The van der Waals surface area contributed by atoms with Crippen molar-refractivity contribution >= 4 is 23.6 Å². The zero-order chi connectivity index (χ0) is 20.1. The maximum absolute atomic E-state index is 13.0. The predicted molar refractivity (Wildman–Crippen MR) is 111 cm³/mol. The number of carbonyl (C=O) groups excluding carboxylic acids is 2. The molecule has 1 N–H and O–H groups in total. The summed E-state index contributed by atoms with van der Waals surface area (Å²) in [6.07, 6.45) is 5.14. The van der Waals surface area contributed by atoms with Crippen LogP contribution < -0.4 is 10.2 Å². The summed E-state index contributed by atoms with van der Waals surface area (Å²) in [5.41, 5.74) is 0.769. The number of carbonyl (C=O) groups is 2. The van der Waals surface area contributed by atoms with E-state index in [1.54, 1.807) is 23.4 Å². The summed E-state index contributed by atoms with van der Waals surface area (Å²) < 4.78 is 0. The van der Waals surface area contributed by atoms with E-state index < -0.39 is 0 Å². The van der Waals surface area contributed by atoms with E-state index >= 15 is 0 Å². The Kier molecular flexibility index (Phi) is 5.88. The number of nitrogens with zero attached hydrogens (tertiary/aromatic N) is 5. The lowest BCUT2D eigenvalue weighted by Crippen LogP contribution is -2.53. The van der Waals surface area contributed by atoms with Gasteiger partial charge in [0, 0.05) is 57.3 Å². The number of benzene rings is 1. The lowest BCUT2D eigenvalue weighted by molar-refractivity contribution is -0.137. The van der Waals surface area contributed by atoms with Crippen LogP contribution in [0.3, 0.4) is 0 Å². The van der Waals surface area contributed by atoms with Crippen molar-refractivity contribution in [3.63, 3.8) is 0 Å². The van der Waals surface area contributed by atoms with Gasteiger partial charge in [-0.3, -0.25) is 4.79 Å². The van der Waals surface area contributed by atoms with Crippen molar-refractivity contribution in [3.05, 3.63) is 48.8 Å². The minimum Gasteiger partial charge on any atom is -0.339 e.